The summed E-state index contributed by atoms with van der Waals surface area (Å²) in [6, 6.07) is 4.48. The Balaban J connectivity index is 2.54. The Labute approximate surface area is 151 Å². The number of esters is 1. The first kappa shape index (κ1) is 19.6. The van der Waals surface area contributed by atoms with E-state index in [0.717, 1.165) is 22.9 Å². The summed E-state index contributed by atoms with van der Waals surface area (Å²) in [5.74, 6) is -0.809. The van der Waals surface area contributed by atoms with Crippen LogP contribution in [0.4, 0.5) is 19.0 Å². The molecule has 0 aliphatic carbocycles. The Kier molecular flexibility index (Phi) is 5.47. The SMILES string of the molecule is CC(C)OC(=O)Cc1c(C#N)c(N)nn1-c1ccc(C(F)(F)F)cc1Cl. The molecule has 0 fully saturated rings. The molecule has 0 spiro atoms. The highest BCUT2D eigenvalue weighted by Gasteiger charge is 2.31. The number of halogens is 4. The van der Waals surface area contributed by atoms with Gasteiger partial charge in [-0.1, -0.05) is 11.6 Å². The van der Waals surface area contributed by atoms with Crippen molar-refractivity contribution in [1.82, 2.24) is 9.78 Å². The van der Waals surface area contributed by atoms with Crippen molar-refractivity contribution in [1.29, 1.82) is 5.26 Å². The molecule has 26 heavy (non-hydrogen) atoms. The van der Waals surface area contributed by atoms with Crippen molar-refractivity contribution in [2.24, 2.45) is 0 Å². The molecule has 0 amide bonds. The molecule has 6 nitrogen and oxygen atoms in total. The van der Waals surface area contributed by atoms with Gasteiger partial charge in [0.1, 0.15) is 11.6 Å². The molecule has 0 saturated carbocycles. The summed E-state index contributed by atoms with van der Waals surface area (Å²) < 4.78 is 44.5. The van der Waals surface area contributed by atoms with Gasteiger partial charge in [-0.25, -0.2) is 4.68 Å². The molecule has 0 radical (unpaired) electrons. The Hall–Kier alpha value is -2.73. The normalized spacial score (nSPS) is 11.5. The number of nitriles is 1. The molecule has 2 rings (SSSR count). The number of benzene rings is 1. The first-order chi connectivity index (χ1) is 12.0. The Morgan fingerprint density at radius 1 is 1.46 bits per heavy atom. The van der Waals surface area contributed by atoms with E-state index in [4.69, 9.17) is 22.1 Å². The van der Waals surface area contributed by atoms with Crippen LogP contribution in [0.5, 0.6) is 0 Å². The van der Waals surface area contributed by atoms with E-state index in [1.165, 1.54) is 0 Å². The van der Waals surface area contributed by atoms with E-state index >= 15 is 0 Å². The average Bonchev–Trinajstić information content (AvgIpc) is 2.80. The van der Waals surface area contributed by atoms with Crippen molar-refractivity contribution >= 4 is 23.4 Å². The van der Waals surface area contributed by atoms with E-state index in [-0.39, 0.29) is 40.3 Å². The molecule has 10 heteroatoms. The van der Waals surface area contributed by atoms with Crippen LogP contribution in [0.1, 0.15) is 30.7 Å². The highest BCUT2D eigenvalue weighted by molar-refractivity contribution is 6.32. The van der Waals surface area contributed by atoms with E-state index in [2.05, 4.69) is 5.10 Å². The minimum atomic E-state index is -4.56. The maximum absolute atomic E-state index is 12.8. The third-order valence-electron chi connectivity index (χ3n) is 3.30. The number of carbonyl (C=O) groups is 1. The van der Waals surface area contributed by atoms with Gasteiger partial charge in [0.2, 0.25) is 0 Å². The van der Waals surface area contributed by atoms with Gasteiger partial charge < -0.3 is 10.5 Å². The van der Waals surface area contributed by atoms with E-state index in [1.54, 1.807) is 13.8 Å². The van der Waals surface area contributed by atoms with Crippen LogP contribution < -0.4 is 5.73 Å². The number of nitrogen functional groups attached to an aromatic ring is 1. The van der Waals surface area contributed by atoms with Gasteiger partial charge in [0.15, 0.2) is 5.82 Å². The molecule has 0 unspecified atom stereocenters. The Morgan fingerprint density at radius 2 is 2.12 bits per heavy atom. The molecular weight excluding hydrogens is 373 g/mol. The number of aromatic nitrogens is 2. The molecule has 0 saturated heterocycles. The zero-order valence-electron chi connectivity index (χ0n) is 13.8. The van der Waals surface area contributed by atoms with Crippen molar-refractivity contribution in [2.45, 2.75) is 32.5 Å². The van der Waals surface area contributed by atoms with Gasteiger partial charge >= 0.3 is 12.1 Å². The zero-order chi connectivity index (χ0) is 19.6. The first-order valence-electron chi connectivity index (χ1n) is 7.38. The van der Waals surface area contributed by atoms with Crippen molar-refractivity contribution in [2.75, 3.05) is 5.73 Å². The van der Waals surface area contributed by atoms with Gasteiger partial charge in [-0.05, 0) is 32.0 Å². The van der Waals surface area contributed by atoms with Crippen molar-refractivity contribution in [3.63, 3.8) is 0 Å². The largest absolute Gasteiger partial charge is 0.463 e. The van der Waals surface area contributed by atoms with Crippen LogP contribution in [0.15, 0.2) is 18.2 Å². The second-order valence-corrected chi connectivity index (χ2v) is 6.02. The van der Waals surface area contributed by atoms with Crippen LogP contribution in [-0.4, -0.2) is 21.9 Å². The molecule has 0 aliphatic rings. The summed E-state index contributed by atoms with van der Waals surface area (Å²) in [5, 5.41) is 12.9. The van der Waals surface area contributed by atoms with Crippen molar-refractivity contribution in [3.8, 4) is 11.8 Å². The van der Waals surface area contributed by atoms with Gasteiger partial charge in [-0.2, -0.15) is 18.4 Å². The summed E-state index contributed by atoms with van der Waals surface area (Å²) in [6.07, 6.45) is -5.29. The van der Waals surface area contributed by atoms with Crippen molar-refractivity contribution in [3.05, 3.63) is 40.0 Å². The van der Waals surface area contributed by atoms with Crippen LogP contribution >= 0.6 is 11.6 Å². The van der Waals surface area contributed by atoms with Crippen LogP contribution in [0, 0.1) is 11.3 Å². The minimum absolute atomic E-state index is 0.0558. The lowest BCUT2D eigenvalue weighted by molar-refractivity contribution is -0.146. The molecule has 1 aromatic heterocycles. The number of alkyl halides is 3. The quantitative estimate of drug-likeness (QED) is 0.812. The standard InChI is InChI=1S/C16H14ClF3N4O2/c1-8(2)26-14(25)6-13-10(7-21)15(22)23-24(13)12-4-3-9(5-11(12)17)16(18,19)20/h3-5,8H,6H2,1-2H3,(H2,22,23). The second-order valence-electron chi connectivity index (χ2n) is 5.61. The van der Waals surface area contributed by atoms with Crippen LogP contribution in [0.25, 0.3) is 5.69 Å². The number of nitrogens with two attached hydrogens (primary N) is 1. The van der Waals surface area contributed by atoms with Crippen LogP contribution in [0.2, 0.25) is 5.02 Å². The second kappa shape index (κ2) is 7.25. The fourth-order valence-corrected chi connectivity index (χ4v) is 2.51. The lowest BCUT2D eigenvalue weighted by atomic mass is 10.1. The average molecular weight is 387 g/mol. The number of rotatable bonds is 4. The minimum Gasteiger partial charge on any atom is -0.463 e. The molecule has 1 heterocycles. The predicted molar refractivity (Wildman–Crippen MR) is 87.6 cm³/mol. The first-order valence-corrected chi connectivity index (χ1v) is 7.76. The summed E-state index contributed by atoms with van der Waals surface area (Å²) >= 11 is 5.97. The van der Waals surface area contributed by atoms with E-state index in [9.17, 15) is 23.2 Å². The number of nitrogens with zero attached hydrogens (tertiary/aromatic N) is 3. The van der Waals surface area contributed by atoms with Crippen molar-refractivity contribution < 1.29 is 22.7 Å². The smallest absolute Gasteiger partial charge is 0.416 e. The summed E-state index contributed by atoms with van der Waals surface area (Å²) in [5.41, 5.74) is 4.82. The monoisotopic (exact) mass is 386 g/mol. The lowest BCUT2D eigenvalue weighted by Crippen LogP contribution is -2.17. The van der Waals surface area contributed by atoms with Gasteiger partial charge in [-0.15, -0.1) is 5.10 Å². The highest BCUT2D eigenvalue weighted by Crippen LogP contribution is 2.34. The van der Waals surface area contributed by atoms with E-state index in [0.29, 0.717) is 0 Å². The van der Waals surface area contributed by atoms with E-state index in [1.807, 2.05) is 6.07 Å². The molecule has 2 aromatic rings. The maximum Gasteiger partial charge on any atom is 0.416 e. The zero-order valence-corrected chi connectivity index (χ0v) is 14.5. The van der Waals surface area contributed by atoms with E-state index < -0.39 is 17.7 Å². The molecule has 0 aliphatic heterocycles. The van der Waals surface area contributed by atoms with Crippen LogP contribution in [-0.2, 0) is 22.1 Å². The molecule has 138 valence electrons. The maximum atomic E-state index is 12.8. The van der Waals surface area contributed by atoms with Gasteiger partial charge in [0, 0.05) is 0 Å². The van der Waals surface area contributed by atoms with Gasteiger partial charge in [0.25, 0.3) is 0 Å². The number of anilines is 1. The Bertz CT molecular complexity index is 885. The number of carbonyl (C=O) groups excluding carboxylic acids is 1. The van der Waals surface area contributed by atoms with Gasteiger partial charge in [0.05, 0.1) is 34.5 Å². The fourth-order valence-electron chi connectivity index (χ4n) is 2.25. The topological polar surface area (TPSA) is 93.9 Å². The molecular formula is C16H14ClF3N4O2. The third kappa shape index (κ3) is 4.08. The van der Waals surface area contributed by atoms with Crippen LogP contribution in [0.3, 0.4) is 0 Å². The predicted octanol–water partition coefficient (Wildman–Crippen LogP) is 3.49. The molecule has 1 aromatic carbocycles. The summed E-state index contributed by atoms with van der Waals surface area (Å²) in [4.78, 5) is 12.0. The summed E-state index contributed by atoms with van der Waals surface area (Å²) in [6.45, 7) is 3.31. The summed E-state index contributed by atoms with van der Waals surface area (Å²) in [7, 11) is 0. The number of hydrogen-bond acceptors (Lipinski definition) is 5. The van der Waals surface area contributed by atoms with Gasteiger partial charge in [-0.3, -0.25) is 4.79 Å². The fraction of sp³-hybridized carbons (Fsp3) is 0.312. The Morgan fingerprint density at radius 3 is 2.62 bits per heavy atom. The molecule has 0 atom stereocenters. The molecule has 2 N–H and O–H groups in total. The number of ether oxygens (including phenoxy) is 1. The number of hydrogen-bond donors (Lipinski definition) is 1. The highest BCUT2D eigenvalue weighted by atomic mass is 35.5. The third-order valence-corrected chi connectivity index (χ3v) is 3.60. The lowest BCUT2D eigenvalue weighted by Gasteiger charge is -2.13. The molecule has 0 bridgehead atoms.